The minimum atomic E-state index is -0.260. The summed E-state index contributed by atoms with van der Waals surface area (Å²) in [6.45, 7) is 3.34. The van der Waals surface area contributed by atoms with Gasteiger partial charge in [0.1, 0.15) is 0 Å². The number of halogens is 2. The van der Waals surface area contributed by atoms with Crippen molar-refractivity contribution in [2.24, 2.45) is 0 Å². The van der Waals surface area contributed by atoms with Crippen LogP contribution in [0.2, 0.25) is 10.0 Å². The third-order valence-corrected chi connectivity index (χ3v) is 6.55. The topological polar surface area (TPSA) is 43.8 Å². The van der Waals surface area contributed by atoms with Crippen molar-refractivity contribution in [3.05, 3.63) is 69.7 Å². The third-order valence-electron chi connectivity index (χ3n) is 5.81. The van der Waals surface area contributed by atoms with E-state index in [1.807, 2.05) is 49.5 Å². The van der Waals surface area contributed by atoms with E-state index in [9.17, 15) is 9.90 Å². The van der Waals surface area contributed by atoms with Crippen LogP contribution in [-0.2, 0) is 11.3 Å². The molecule has 2 aromatic rings. The van der Waals surface area contributed by atoms with Gasteiger partial charge in [0.25, 0.3) is 0 Å². The standard InChI is InChI=1S/C24H30Cl2N2O2/c1-27(17-18-6-3-2-4-7-18)24(30)21(19-9-10-22(25)23(26)16-19)8-5-13-28-14-11-20(29)12-15-28/h2-4,6-7,9-10,16,20-21,29H,5,8,11-15,17H2,1H3. The molecule has 4 nitrogen and oxygen atoms in total. The SMILES string of the molecule is CN(Cc1ccccc1)C(=O)C(CCCN1CCC(O)CC1)c1ccc(Cl)c(Cl)c1. The van der Waals surface area contributed by atoms with Crippen LogP contribution in [0, 0.1) is 0 Å². The average molecular weight is 449 g/mol. The normalized spacial score (nSPS) is 16.4. The number of carbonyl (C=O) groups is 1. The molecule has 0 radical (unpaired) electrons. The lowest BCUT2D eigenvalue weighted by atomic mass is 9.92. The maximum atomic E-state index is 13.4. The summed E-state index contributed by atoms with van der Waals surface area (Å²) in [5.41, 5.74) is 2.01. The van der Waals surface area contributed by atoms with Crippen molar-refractivity contribution in [1.82, 2.24) is 9.80 Å². The van der Waals surface area contributed by atoms with Gasteiger partial charge < -0.3 is 14.9 Å². The first kappa shape index (κ1) is 23.1. The lowest BCUT2D eigenvalue weighted by Crippen LogP contribution is -2.37. The van der Waals surface area contributed by atoms with Gasteiger partial charge in [0.2, 0.25) is 5.91 Å². The van der Waals surface area contributed by atoms with Crippen LogP contribution in [0.3, 0.4) is 0 Å². The van der Waals surface area contributed by atoms with Crippen LogP contribution >= 0.6 is 23.2 Å². The Morgan fingerprint density at radius 3 is 2.50 bits per heavy atom. The van der Waals surface area contributed by atoms with Gasteiger partial charge in [0.15, 0.2) is 0 Å². The highest BCUT2D eigenvalue weighted by molar-refractivity contribution is 6.42. The van der Waals surface area contributed by atoms with Crippen molar-refractivity contribution in [3.8, 4) is 0 Å². The van der Waals surface area contributed by atoms with Crippen molar-refractivity contribution in [2.75, 3.05) is 26.7 Å². The van der Waals surface area contributed by atoms with Crippen molar-refractivity contribution < 1.29 is 9.90 Å². The largest absolute Gasteiger partial charge is 0.393 e. The Balaban J connectivity index is 1.68. The summed E-state index contributed by atoms with van der Waals surface area (Å²) in [5, 5.41) is 10.7. The Morgan fingerprint density at radius 1 is 1.13 bits per heavy atom. The van der Waals surface area contributed by atoms with Crippen molar-refractivity contribution in [2.45, 2.75) is 44.2 Å². The van der Waals surface area contributed by atoms with E-state index in [0.29, 0.717) is 16.6 Å². The fourth-order valence-electron chi connectivity index (χ4n) is 4.03. The minimum absolute atomic E-state index is 0.0892. The fraction of sp³-hybridized carbons (Fsp3) is 0.458. The van der Waals surface area contributed by atoms with Crippen LogP contribution < -0.4 is 0 Å². The lowest BCUT2D eigenvalue weighted by molar-refractivity contribution is -0.132. The Kier molecular flexibility index (Phi) is 8.58. The van der Waals surface area contributed by atoms with Crippen LogP contribution in [0.15, 0.2) is 48.5 Å². The number of aliphatic hydroxyl groups is 1. The van der Waals surface area contributed by atoms with Crippen LogP contribution in [0.25, 0.3) is 0 Å². The van der Waals surface area contributed by atoms with Gasteiger partial charge in [0.05, 0.1) is 22.1 Å². The Labute approximate surface area is 189 Å². The van der Waals surface area contributed by atoms with E-state index in [4.69, 9.17) is 23.2 Å². The highest BCUT2D eigenvalue weighted by atomic mass is 35.5. The first-order valence-electron chi connectivity index (χ1n) is 10.6. The fourth-order valence-corrected chi connectivity index (χ4v) is 4.33. The summed E-state index contributed by atoms with van der Waals surface area (Å²) in [6, 6.07) is 15.5. The van der Waals surface area contributed by atoms with Gasteiger partial charge in [-0.3, -0.25) is 4.79 Å². The highest BCUT2D eigenvalue weighted by Crippen LogP contribution is 2.30. The van der Waals surface area contributed by atoms with Gasteiger partial charge >= 0.3 is 0 Å². The van der Waals surface area contributed by atoms with Crippen LogP contribution in [-0.4, -0.2) is 53.6 Å². The maximum absolute atomic E-state index is 13.4. The van der Waals surface area contributed by atoms with Gasteiger partial charge in [-0.05, 0) is 55.5 Å². The predicted octanol–water partition coefficient (Wildman–Crippen LogP) is 4.97. The van der Waals surface area contributed by atoms with Crippen molar-refractivity contribution >= 4 is 29.1 Å². The molecule has 1 aliphatic rings. The number of benzene rings is 2. The number of likely N-dealkylation sites (tertiary alicyclic amines) is 1. The molecule has 0 bridgehead atoms. The predicted molar refractivity (Wildman–Crippen MR) is 123 cm³/mol. The molecule has 1 aliphatic heterocycles. The van der Waals surface area contributed by atoms with Crippen LogP contribution in [0.4, 0.5) is 0 Å². The summed E-state index contributed by atoms with van der Waals surface area (Å²) in [7, 11) is 1.85. The molecule has 2 aromatic carbocycles. The number of aliphatic hydroxyl groups excluding tert-OH is 1. The number of piperidine rings is 1. The number of likely N-dealkylation sites (N-methyl/N-ethyl adjacent to an activating group) is 1. The number of carbonyl (C=O) groups excluding carboxylic acids is 1. The summed E-state index contributed by atoms with van der Waals surface area (Å²) in [6.07, 6.45) is 3.14. The van der Waals surface area contributed by atoms with E-state index in [2.05, 4.69) is 4.90 Å². The molecule has 3 rings (SSSR count). The monoisotopic (exact) mass is 448 g/mol. The molecule has 6 heteroatoms. The molecule has 1 fully saturated rings. The molecule has 1 atom stereocenters. The number of hydrogen-bond donors (Lipinski definition) is 1. The van der Waals surface area contributed by atoms with Crippen LogP contribution in [0.5, 0.6) is 0 Å². The lowest BCUT2D eigenvalue weighted by Gasteiger charge is -2.30. The van der Waals surface area contributed by atoms with E-state index in [0.717, 1.165) is 56.4 Å². The van der Waals surface area contributed by atoms with Gasteiger partial charge in [0, 0.05) is 26.7 Å². The first-order chi connectivity index (χ1) is 14.4. The number of rotatable bonds is 8. The molecule has 0 saturated carbocycles. The zero-order valence-corrected chi connectivity index (χ0v) is 18.9. The van der Waals surface area contributed by atoms with E-state index < -0.39 is 0 Å². The summed E-state index contributed by atoms with van der Waals surface area (Å²) in [5.74, 6) is -0.171. The average Bonchev–Trinajstić information content (AvgIpc) is 2.75. The molecule has 0 aromatic heterocycles. The highest BCUT2D eigenvalue weighted by Gasteiger charge is 2.25. The van der Waals surface area contributed by atoms with Gasteiger partial charge in [-0.25, -0.2) is 0 Å². The summed E-state index contributed by atoms with van der Waals surface area (Å²) in [4.78, 5) is 17.5. The van der Waals surface area contributed by atoms with Crippen molar-refractivity contribution in [3.63, 3.8) is 0 Å². The molecule has 1 amide bonds. The zero-order chi connectivity index (χ0) is 21.5. The molecule has 1 heterocycles. The van der Waals surface area contributed by atoms with E-state index in [1.54, 1.807) is 11.0 Å². The van der Waals surface area contributed by atoms with Gasteiger partial charge in [-0.2, -0.15) is 0 Å². The molecular weight excluding hydrogens is 419 g/mol. The first-order valence-corrected chi connectivity index (χ1v) is 11.3. The number of amides is 1. The maximum Gasteiger partial charge on any atom is 0.230 e. The second-order valence-electron chi connectivity index (χ2n) is 8.12. The second-order valence-corrected chi connectivity index (χ2v) is 8.94. The molecule has 1 N–H and O–H groups in total. The molecule has 0 spiro atoms. The van der Waals surface area contributed by atoms with Gasteiger partial charge in [-0.15, -0.1) is 0 Å². The van der Waals surface area contributed by atoms with E-state index in [-0.39, 0.29) is 17.9 Å². The molecule has 162 valence electrons. The minimum Gasteiger partial charge on any atom is -0.393 e. The van der Waals surface area contributed by atoms with Gasteiger partial charge in [-0.1, -0.05) is 59.6 Å². The van der Waals surface area contributed by atoms with E-state index >= 15 is 0 Å². The quantitative estimate of drug-likeness (QED) is 0.619. The zero-order valence-electron chi connectivity index (χ0n) is 17.4. The second kappa shape index (κ2) is 11.1. The number of hydrogen-bond acceptors (Lipinski definition) is 3. The molecular formula is C24H30Cl2N2O2. The Hall–Kier alpha value is -1.59. The number of nitrogens with zero attached hydrogens (tertiary/aromatic N) is 2. The molecule has 30 heavy (non-hydrogen) atoms. The van der Waals surface area contributed by atoms with Crippen LogP contribution in [0.1, 0.15) is 42.7 Å². The third kappa shape index (κ3) is 6.45. The molecule has 1 saturated heterocycles. The van der Waals surface area contributed by atoms with E-state index in [1.165, 1.54) is 0 Å². The molecule has 1 unspecified atom stereocenters. The van der Waals surface area contributed by atoms with Crippen molar-refractivity contribution in [1.29, 1.82) is 0 Å². The smallest absolute Gasteiger partial charge is 0.230 e. The Morgan fingerprint density at radius 2 is 1.83 bits per heavy atom. The molecule has 0 aliphatic carbocycles. The Bertz CT molecular complexity index is 823. The summed E-state index contributed by atoms with van der Waals surface area (Å²) >= 11 is 12.4. The summed E-state index contributed by atoms with van der Waals surface area (Å²) < 4.78 is 0.